The molecule has 7 heteroatoms. The molecule has 1 saturated carbocycles. The van der Waals surface area contributed by atoms with Crippen LogP contribution in [0.4, 0.5) is 11.5 Å². The maximum atomic E-state index is 11.2. The lowest BCUT2D eigenvalue weighted by molar-refractivity contribution is -0.384. The van der Waals surface area contributed by atoms with Gasteiger partial charge in [-0.25, -0.2) is 4.98 Å². The van der Waals surface area contributed by atoms with Crippen LogP contribution in [0.15, 0.2) is 18.5 Å². The molecule has 2 aromatic rings. The third kappa shape index (κ3) is 2.54. The van der Waals surface area contributed by atoms with Crippen molar-refractivity contribution in [3.8, 4) is 0 Å². The molecule has 0 atom stereocenters. The van der Waals surface area contributed by atoms with Crippen molar-refractivity contribution in [2.75, 3.05) is 5.32 Å². The van der Waals surface area contributed by atoms with Crippen LogP contribution in [0, 0.1) is 17.0 Å². The molecule has 1 N–H and O–H groups in total. The number of anilines is 1. The fourth-order valence-electron chi connectivity index (χ4n) is 2.83. The van der Waals surface area contributed by atoms with Crippen LogP contribution in [0.2, 0.25) is 0 Å². The monoisotopic (exact) mass is 301 g/mol. The summed E-state index contributed by atoms with van der Waals surface area (Å²) in [6.07, 6.45) is 7.15. The van der Waals surface area contributed by atoms with Crippen LogP contribution in [0.3, 0.4) is 0 Å². The molecule has 0 aliphatic heterocycles. The number of hydrogen-bond acceptors (Lipinski definition) is 5. The zero-order valence-corrected chi connectivity index (χ0v) is 12.7. The van der Waals surface area contributed by atoms with Gasteiger partial charge in [0.05, 0.1) is 23.4 Å². The molecule has 116 valence electrons. The Labute approximate surface area is 128 Å². The highest BCUT2D eigenvalue weighted by Gasteiger charge is 2.25. The molecule has 0 saturated heterocycles. The van der Waals surface area contributed by atoms with E-state index in [4.69, 9.17) is 0 Å². The molecule has 0 unspecified atom stereocenters. The minimum absolute atomic E-state index is 0.0369. The second kappa shape index (κ2) is 5.75. The van der Waals surface area contributed by atoms with Crippen LogP contribution in [0.5, 0.6) is 0 Å². The Kier molecular flexibility index (Phi) is 3.79. The SMILES string of the molecule is Cc1ccnc(NCc2c(C3CCC3)cnn2C)c1[N+](=O)[O-]. The first-order valence-corrected chi connectivity index (χ1v) is 7.42. The van der Waals surface area contributed by atoms with Crippen molar-refractivity contribution in [3.05, 3.63) is 45.4 Å². The minimum Gasteiger partial charge on any atom is -0.359 e. The zero-order chi connectivity index (χ0) is 15.7. The molecule has 0 spiro atoms. The quantitative estimate of drug-likeness (QED) is 0.678. The molecule has 1 aliphatic carbocycles. The average Bonchev–Trinajstić information content (AvgIpc) is 2.75. The Balaban J connectivity index is 1.83. The number of aromatic nitrogens is 3. The zero-order valence-electron chi connectivity index (χ0n) is 12.7. The lowest BCUT2D eigenvalue weighted by Gasteiger charge is -2.25. The van der Waals surface area contributed by atoms with E-state index in [1.807, 2.05) is 17.9 Å². The molecule has 7 nitrogen and oxygen atoms in total. The topological polar surface area (TPSA) is 85.9 Å². The van der Waals surface area contributed by atoms with Gasteiger partial charge in [-0.05, 0) is 37.3 Å². The first kappa shape index (κ1) is 14.5. The number of rotatable bonds is 5. The third-order valence-corrected chi connectivity index (χ3v) is 4.37. The summed E-state index contributed by atoms with van der Waals surface area (Å²) in [6.45, 7) is 2.20. The van der Waals surface area contributed by atoms with E-state index in [9.17, 15) is 10.1 Å². The number of nitro groups is 1. The third-order valence-electron chi connectivity index (χ3n) is 4.37. The number of nitrogens with zero attached hydrogens (tertiary/aromatic N) is 4. The Morgan fingerprint density at radius 1 is 1.50 bits per heavy atom. The summed E-state index contributed by atoms with van der Waals surface area (Å²) < 4.78 is 1.84. The molecular weight excluding hydrogens is 282 g/mol. The first-order chi connectivity index (χ1) is 10.6. The normalized spacial score (nSPS) is 14.6. The van der Waals surface area contributed by atoms with E-state index in [1.165, 1.54) is 24.8 Å². The van der Waals surface area contributed by atoms with Crippen molar-refractivity contribution in [1.29, 1.82) is 0 Å². The van der Waals surface area contributed by atoms with Gasteiger partial charge in [-0.1, -0.05) is 6.42 Å². The Bertz CT molecular complexity index is 706. The van der Waals surface area contributed by atoms with Crippen LogP contribution in [0.1, 0.15) is 42.0 Å². The van der Waals surface area contributed by atoms with Crippen molar-refractivity contribution < 1.29 is 4.92 Å². The Hall–Kier alpha value is -2.44. The molecule has 2 heterocycles. The second-order valence-electron chi connectivity index (χ2n) is 5.73. The van der Waals surface area contributed by atoms with Gasteiger partial charge in [-0.15, -0.1) is 0 Å². The van der Waals surface area contributed by atoms with Crippen LogP contribution in [0.25, 0.3) is 0 Å². The number of aryl methyl sites for hydroxylation is 2. The van der Waals surface area contributed by atoms with Crippen LogP contribution in [-0.4, -0.2) is 19.7 Å². The van der Waals surface area contributed by atoms with Gasteiger partial charge in [0.2, 0.25) is 5.82 Å². The minimum atomic E-state index is -0.388. The van der Waals surface area contributed by atoms with E-state index in [-0.39, 0.29) is 10.6 Å². The molecule has 1 fully saturated rings. The van der Waals surface area contributed by atoms with Gasteiger partial charge in [0.1, 0.15) is 0 Å². The maximum absolute atomic E-state index is 11.2. The van der Waals surface area contributed by atoms with Gasteiger partial charge in [0, 0.05) is 18.8 Å². The van der Waals surface area contributed by atoms with Gasteiger partial charge < -0.3 is 5.32 Å². The van der Waals surface area contributed by atoms with Gasteiger partial charge >= 0.3 is 5.69 Å². The summed E-state index contributed by atoms with van der Waals surface area (Å²) in [6, 6.07) is 1.65. The van der Waals surface area contributed by atoms with Crippen LogP contribution < -0.4 is 5.32 Å². The summed E-state index contributed by atoms with van der Waals surface area (Å²) in [5.41, 5.74) is 2.96. The summed E-state index contributed by atoms with van der Waals surface area (Å²) >= 11 is 0. The second-order valence-corrected chi connectivity index (χ2v) is 5.73. The largest absolute Gasteiger partial charge is 0.359 e. The van der Waals surface area contributed by atoms with Crippen LogP contribution in [-0.2, 0) is 13.6 Å². The summed E-state index contributed by atoms with van der Waals surface area (Å²) in [5, 5.41) is 18.6. The van der Waals surface area contributed by atoms with E-state index in [0.717, 1.165) is 5.69 Å². The number of pyridine rings is 1. The van der Waals surface area contributed by atoms with Gasteiger partial charge in [-0.3, -0.25) is 14.8 Å². The predicted molar refractivity (Wildman–Crippen MR) is 82.8 cm³/mol. The van der Waals surface area contributed by atoms with E-state index in [0.29, 0.717) is 23.8 Å². The highest BCUT2D eigenvalue weighted by molar-refractivity contribution is 5.59. The Morgan fingerprint density at radius 2 is 2.27 bits per heavy atom. The molecule has 1 aliphatic rings. The average molecular weight is 301 g/mol. The maximum Gasteiger partial charge on any atom is 0.314 e. The molecule has 22 heavy (non-hydrogen) atoms. The number of nitrogens with one attached hydrogen (secondary N) is 1. The predicted octanol–water partition coefficient (Wildman–Crippen LogP) is 2.91. The van der Waals surface area contributed by atoms with Crippen molar-refractivity contribution in [2.45, 2.75) is 38.6 Å². The van der Waals surface area contributed by atoms with Crippen LogP contribution >= 0.6 is 0 Å². The molecule has 0 amide bonds. The van der Waals surface area contributed by atoms with Crippen molar-refractivity contribution in [2.24, 2.45) is 7.05 Å². The molecule has 0 radical (unpaired) electrons. The van der Waals surface area contributed by atoms with Crippen molar-refractivity contribution in [1.82, 2.24) is 14.8 Å². The highest BCUT2D eigenvalue weighted by Crippen LogP contribution is 2.38. The molecule has 2 aromatic heterocycles. The number of hydrogen-bond donors (Lipinski definition) is 1. The van der Waals surface area contributed by atoms with Gasteiger partial charge in [0.15, 0.2) is 0 Å². The Morgan fingerprint density at radius 3 is 2.91 bits per heavy atom. The lowest BCUT2D eigenvalue weighted by Crippen LogP contribution is -2.14. The van der Waals surface area contributed by atoms with E-state index >= 15 is 0 Å². The highest BCUT2D eigenvalue weighted by atomic mass is 16.6. The summed E-state index contributed by atoms with van der Waals surface area (Å²) in [7, 11) is 1.90. The molecule has 0 bridgehead atoms. The van der Waals surface area contributed by atoms with E-state index in [1.54, 1.807) is 19.2 Å². The van der Waals surface area contributed by atoms with E-state index < -0.39 is 0 Å². The van der Waals surface area contributed by atoms with Gasteiger partial charge in [0.25, 0.3) is 0 Å². The molecule has 0 aromatic carbocycles. The van der Waals surface area contributed by atoms with Gasteiger partial charge in [-0.2, -0.15) is 5.10 Å². The fraction of sp³-hybridized carbons (Fsp3) is 0.467. The standard InChI is InChI=1S/C15H19N5O2/c1-10-6-7-16-15(14(10)20(21)22)17-9-13-12(8-18-19(13)2)11-4-3-5-11/h6-8,11H,3-5,9H2,1-2H3,(H,16,17). The summed E-state index contributed by atoms with van der Waals surface area (Å²) in [4.78, 5) is 14.9. The van der Waals surface area contributed by atoms with Crippen molar-refractivity contribution in [3.63, 3.8) is 0 Å². The lowest BCUT2D eigenvalue weighted by atomic mass is 9.80. The fourth-order valence-corrected chi connectivity index (χ4v) is 2.83. The molecule has 3 rings (SSSR count). The smallest absolute Gasteiger partial charge is 0.314 e. The van der Waals surface area contributed by atoms with E-state index in [2.05, 4.69) is 15.4 Å². The first-order valence-electron chi connectivity index (χ1n) is 7.42. The summed E-state index contributed by atoms with van der Waals surface area (Å²) in [5.74, 6) is 0.886. The molecular formula is C15H19N5O2. The van der Waals surface area contributed by atoms with Crippen molar-refractivity contribution >= 4 is 11.5 Å².